The molecule has 0 aliphatic carbocycles. The highest BCUT2D eigenvalue weighted by molar-refractivity contribution is 5.74. The van der Waals surface area contributed by atoms with Gasteiger partial charge in [-0.05, 0) is 42.2 Å². The van der Waals surface area contributed by atoms with Crippen molar-refractivity contribution in [2.24, 2.45) is 5.73 Å². The summed E-state index contributed by atoms with van der Waals surface area (Å²) < 4.78 is 54.4. The molecule has 0 amide bonds. The molecule has 1 unspecified atom stereocenters. The Balaban J connectivity index is 2.81. The Labute approximate surface area is 142 Å². The summed E-state index contributed by atoms with van der Waals surface area (Å²) in [5.41, 5.74) is 5.44. The van der Waals surface area contributed by atoms with E-state index in [9.17, 15) is 22.4 Å². The third-order valence-corrected chi connectivity index (χ3v) is 4.08. The van der Waals surface area contributed by atoms with Crippen molar-refractivity contribution in [3.05, 3.63) is 58.4 Å². The van der Waals surface area contributed by atoms with Crippen LogP contribution in [0.1, 0.15) is 34.7 Å². The number of alkyl halides is 3. The topological polar surface area (TPSA) is 63.3 Å². The molecular formula is C18H17F4NO2. The Kier molecular flexibility index (Phi) is 5.17. The molecule has 2 rings (SSSR count). The van der Waals surface area contributed by atoms with Crippen molar-refractivity contribution in [2.75, 3.05) is 0 Å². The number of hydrogen-bond acceptors (Lipinski definition) is 2. The van der Waals surface area contributed by atoms with Gasteiger partial charge in [-0.25, -0.2) is 4.39 Å². The number of carbonyl (C=O) groups is 1. The van der Waals surface area contributed by atoms with Gasteiger partial charge in [0, 0.05) is 11.6 Å². The van der Waals surface area contributed by atoms with E-state index in [1.165, 1.54) is 6.92 Å². The highest BCUT2D eigenvalue weighted by atomic mass is 19.4. The highest BCUT2D eigenvalue weighted by Gasteiger charge is 2.37. The molecule has 134 valence electrons. The smallest absolute Gasteiger partial charge is 0.419 e. The molecule has 0 spiro atoms. The summed E-state index contributed by atoms with van der Waals surface area (Å²) in [6, 6.07) is 6.12. The van der Waals surface area contributed by atoms with E-state index in [0.29, 0.717) is 11.1 Å². The Morgan fingerprint density at radius 1 is 1.20 bits per heavy atom. The summed E-state index contributed by atoms with van der Waals surface area (Å²) in [7, 11) is 0. The monoisotopic (exact) mass is 355 g/mol. The molecule has 2 aromatic rings. The maximum atomic E-state index is 14.5. The minimum atomic E-state index is -4.92. The molecule has 25 heavy (non-hydrogen) atoms. The molecule has 0 bridgehead atoms. The molecular weight excluding hydrogens is 338 g/mol. The van der Waals surface area contributed by atoms with Gasteiger partial charge in [-0.1, -0.05) is 24.3 Å². The quantitative estimate of drug-likeness (QED) is 0.788. The molecule has 3 nitrogen and oxygen atoms in total. The van der Waals surface area contributed by atoms with Crippen molar-refractivity contribution in [3.63, 3.8) is 0 Å². The summed E-state index contributed by atoms with van der Waals surface area (Å²) in [4.78, 5) is 10.9. The van der Waals surface area contributed by atoms with Gasteiger partial charge in [-0.2, -0.15) is 13.2 Å². The second-order valence-electron chi connectivity index (χ2n) is 5.84. The summed E-state index contributed by atoms with van der Waals surface area (Å²) in [6.45, 7) is 3.17. The number of aliphatic carboxylic acids is 1. The lowest BCUT2D eigenvalue weighted by Crippen LogP contribution is -2.21. The van der Waals surface area contributed by atoms with E-state index in [2.05, 4.69) is 0 Å². The van der Waals surface area contributed by atoms with Crippen LogP contribution in [0.3, 0.4) is 0 Å². The number of carboxylic acid groups (broad SMARTS) is 1. The predicted octanol–water partition coefficient (Wildman–Crippen LogP) is 4.60. The third kappa shape index (κ3) is 3.82. The Bertz CT molecular complexity index is 815. The van der Waals surface area contributed by atoms with Gasteiger partial charge in [-0.3, -0.25) is 4.79 Å². The molecule has 0 saturated carbocycles. The minimum absolute atomic E-state index is 0.183. The van der Waals surface area contributed by atoms with Crippen LogP contribution in [0.2, 0.25) is 0 Å². The first-order valence-corrected chi connectivity index (χ1v) is 7.47. The van der Waals surface area contributed by atoms with Gasteiger partial charge >= 0.3 is 12.1 Å². The molecule has 0 saturated heterocycles. The maximum absolute atomic E-state index is 14.5. The van der Waals surface area contributed by atoms with Crippen molar-refractivity contribution >= 4 is 5.97 Å². The molecule has 0 heterocycles. The van der Waals surface area contributed by atoms with Crippen LogP contribution in [-0.2, 0) is 11.0 Å². The Morgan fingerprint density at radius 2 is 1.80 bits per heavy atom. The lowest BCUT2D eigenvalue weighted by atomic mass is 9.87. The van der Waals surface area contributed by atoms with Gasteiger partial charge in [0.05, 0.1) is 12.0 Å². The number of hydrogen-bond donors (Lipinski definition) is 2. The van der Waals surface area contributed by atoms with Crippen LogP contribution in [0.5, 0.6) is 0 Å². The Hall–Kier alpha value is -2.41. The SMILES string of the molecule is Cc1ccccc1-c1cc(C(F)(F)F)c(F)c(C(N)CC(=O)O)c1C. The second-order valence-corrected chi connectivity index (χ2v) is 5.84. The van der Waals surface area contributed by atoms with E-state index in [1.54, 1.807) is 31.2 Å². The van der Waals surface area contributed by atoms with E-state index in [1.807, 2.05) is 0 Å². The first-order valence-electron chi connectivity index (χ1n) is 7.47. The number of carboxylic acids is 1. The van der Waals surface area contributed by atoms with Gasteiger partial charge < -0.3 is 10.8 Å². The predicted molar refractivity (Wildman–Crippen MR) is 85.5 cm³/mol. The largest absolute Gasteiger partial charge is 0.481 e. The molecule has 0 aliphatic rings. The van der Waals surface area contributed by atoms with Crippen LogP contribution >= 0.6 is 0 Å². The zero-order valence-electron chi connectivity index (χ0n) is 13.6. The number of halogens is 4. The number of aryl methyl sites for hydroxylation is 1. The van der Waals surface area contributed by atoms with Crippen LogP contribution in [0.25, 0.3) is 11.1 Å². The lowest BCUT2D eigenvalue weighted by molar-refractivity contribution is -0.140. The van der Waals surface area contributed by atoms with Crippen LogP contribution in [0.4, 0.5) is 17.6 Å². The molecule has 7 heteroatoms. The van der Waals surface area contributed by atoms with Gasteiger partial charge in [0.15, 0.2) is 0 Å². The highest BCUT2D eigenvalue weighted by Crippen LogP contribution is 2.40. The molecule has 0 radical (unpaired) electrons. The van der Waals surface area contributed by atoms with E-state index in [-0.39, 0.29) is 11.1 Å². The van der Waals surface area contributed by atoms with Crippen molar-refractivity contribution in [2.45, 2.75) is 32.5 Å². The van der Waals surface area contributed by atoms with Crippen molar-refractivity contribution in [3.8, 4) is 11.1 Å². The molecule has 0 aromatic heterocycles. The molecule has 3 N–H and O–H groups in total. The Morgan fingerprint density at radius 3 is 2.32 bits per heavy atom. The average Bonchev–Trinajstić information content (AvgIpc) is 2.46. The van der Waals surface area contributed by atoms with E-state index >= 15 is 0 Å². The fraction of sp³-hybridized carbons (Fsp3) is 0.278. The van der Waals surface area contributed by atoms with Gasteiger partial charge in [0.1, 0.15) is 5.82 Å². The van der Waals surface area contributed by atoms with E-state index in [4.69, 9.17) is 10.8 Å². The van der Waals surface area contributed by atoms with Crippen LogP contribution in [0, 0.1) is 19.7 Å². The number of benzene rings is 2. The number of rotatable bonds is 4. The van der Waals surface area contributed by atoms with Gasteiger partial charge in [0.25, 0.3) is 0 Å². The van der Waals surface area contributed by atoms with Gasteiger partial charge in [0.2, 0.25) is 0 Å². The molecule has 1 atom stereocenters. The molecule has 2 aromatic carbocycles. The summed E-state index contributed by atoms with van der Waals surface area (Å²) >= 11 is 0. The fourth-order valence-electron chi connectivity index (χ4n) is 2.86. The minimum Gasteiger partial charge on any atom is -0.481 e. The molecule has 0 fully saturated rings. The zero-order chi connectivity index (χ0) is 18.9. The van der Waals surface area contributed by atoms with E-state index < -0.39 is 41.6 Å². The van der Waals surface area contributed by atoms with Crippen molar-refractivity contribution < 1.29 is 27.5 Å². The van der Waals surface area contributed by atoms with Crippen molar-refractivity contribution in [1.82, 2.24) is 0 Å². The normalized spacial score (nSPS) is 12.9. The van der Waals surface area contributed by atoms with Crippen LogP contribution in [0.15, 0.2) is 30.3 Å². The zero-order valence-corrected chi connectivity index (χ0v) is 13.6. The first kappa shape index (κ1) is 18.9. The van der Waals surface area contributed by atoms with Gasteiger partial charge in [-0.15, -0.1) is 0 Å². The number of nitrogens with two attached hydrogens (primary N) is 1. The average molecular weight is 355 g/mol. The standard InChI is InChI=1S/C18H17F4NO2/c1-9-5-3-4-6-11(9)12-7-13(18(20,21)22)17(19)16(10(12)2)14(23)8-15(24)25/h3-7,14H,8,23H2,1-2H3,(H,24,25). The van der Waals surface area contributed by atoms with Crippen LogP contribution in [-0.4, -0.2) is 11.1 Å². The third-order valence-electron chi connectivity index (χ3n) is 4.08. The molecule has 0 aliphatic heterocycles. The summed E-state index contributed by atoms with van der Waals surface area (Å²) in [6.07, 6.45) is -5.60. The van der Waals surface area contributed by atoms with E-state index in [0.717, 1.165) is 6.07 Å². The lowest BCUT2D eigenvalue weighted by Gasteiger charge is -2.22. The first-order chi connectivity index (χ1) is 11.5. The summed E-state index contributed by atoms with van der Waals surface area (Å²) in [5, 5.41) is 8.86. The fourth-order valence-corrected chi connectivity index (χ4v) is 2.86. The van der Waals surface area contributed by atoms with Crippen molar-refractivity contribution in [1.29, 1.82) is 0 Å². The summed E-state index contributed by atoms with van der Waals surface area (Å²) in [5.74, 6) is -2.84. The van der Waals surface area contributed by atoms with Crippen LogP contribution < -0.4 is 5.73 Å². The second kappa shape index (κ2) is 6.84. The maximum Gasteiger partial charge on any atom is 0.419 e.